The number of H-pyrrole nitrogens is 1. The Labute approximate surface area is 229 Å². The van der Waals surface area contributed by atoms with Crippen molar-refractivity contribution in [2.75, 3.05) is 20.8 Å². The number of aryl methyl sites for hydroxylation is 1. The number of benzene rings is 2. The molecule has 1 aliphatic rings. The molecular formula is C30H38N6O3. The van der Waals surface area contributed by atoms with Crippen molar-refractivity contribution in [1.29, 1.82) is 0 Å². The number of aromatic amines is 1. The van der Waals surface area contributed by atoms with Crippen molar-refractivity contribution < 1.29 is 9.47 Å². The lowest BCUT2D eigenvalue weighted by molar-refractivity contribution is 0.169. The van der Waals surface area contributed by atoms with Crippen LogP contribution in [0.5, 0.6) is 11.5 Å². The average Bonchev–Trinajstić information content (AvgIpc) is 3.65. The van der Waals surface area contributed by atoms with Gasteiger partial charge < -0.3 is 14.5 Å². The maximum atomic E-state index is 13.2. The highest BCUT2D eigenvalue weighted by molar-refractivity contribution is 5.79. The molecule has 9 nitrogen and oxygen atoms in total. The maximum absolute atomic E-state index is 13.2. The van der Waals surface area contributed by atoms with E-state index in [1.807, 2.05) is 35.0 Å². The summed E-state index contributed by atoms with van der Waals surface area (Å²) < 4.78 is 13.0. The molecule has 0 spiro atoms. The highest BCUT2D eigenvalue weighted by atomic mass is 16.5. The van der Waals surface area contributed by atoms with Crippen LogP contribution in [0.25, 0.3) is 10.9 Å². The van der Waals surface area contributed by atoms with Gasteiger partial charge in [0, 0.05) is 24.2 Å². The van der Waals surface area contributed by atoms with Crippen molar-refractivity contribution in [3.63, 3.8) is 0 Å². The molecule has 2 aromatic carbocycles. The summed E-state index contributed by atoms with van der Waals surface area (Å²) >= 11 is 0. The van der Waals surface area contributed by atoms with E-state index in [0.717, 1.165) is 65.6 Å². The number of pyridine rings is 1. The fraction of sp³-hybridized carbons (Fsp3) is 0.467. The normalized spacial score (nSPS) is 14.8. The topological polar surface area (TPSA) is 98.2 Å². The van der Waals surface area contributed by atoms with Crippen LogP contribution in [0.1, 0.15) is 73.6 Å². The van der Waals surface area contributed by atoms with E-state index in [0.29, 0.717) is 24.1 Å². The third-order valence-corrected chi connectivity index (χ3v) is 7.90. The number of tetrazole rings is 1. The Balaban J connectivity index is 1.49. The van der Waals surface area contributed by atoms with Gasteiger partial charge in [-0.25, -0.2) is 4.68 Å². The lowest BCUT2D eigenvalue weighted by atomic mass is 10.1. The summed E-state index contributed by atoms with van der Waals surface area (Å²) in [4.78, 5) is 18.6. The van der Waals surface area contributed by atoms with E-state index < -0.39 is 0 Å². The molecule has 9 heteroatoms. The SMILES string of the molecule is CC[C@@H](c1nnnn1C1CCCC1)N(CCc1ccc(OC)c(OC)c1)Cc1cc2cc(C)ccc2[nH]c1=O. The molecule has 1 saturated carbocycles. The summed E-state index contributed by atoms with van der Waals surface area (Å²) in [5, 5.41) is 14.1. The third-order valence-electron chi connectivity index (χ3n) is 7.90. The minimum absolute atomic E-state index is 0.0339. The second-order valence-corrected chi connectivity index (χ2v) is 10.5. The molecule has 2 heterocycles. The van der Waals surface area contributed by atoms with E-state index >= 15 is 0 Å². The van der Waals surface area contributed by atoms with Crippen molar-refractivity contribution in [2.45, 2.75) is 71.0 Å². The first-order valence-corrected chi connectivity index (χ1v) is 13.9. The van der Waals surface area contributed by atoms with Crippen LogP contribution in [0, 0.1) is 6.92 Å². The predicted molar refractivity (Wildman–Crippen MR) is 151 cm³/mol. The predicted octanol–water partition coefficient (Wildman–Crippen LogP) is 5.15. The van der Waals surface area contributed by atoms with Crippen molar-refractivity contribution in [3.8, 4) is 11.5 Å². The summed E-state index contributed by atoms with van der Waals surface area (Å²) in [6.07, 6.45) is 6.20. The maximum Gasteiger partial charge on any atom is 0.252 e. The molecule has 1 fully saturated rings. The minimum Gasteiger partial charge on any atom is -0.493 e. The Morgan fingerprint density at radius 3 is 2.62 bits per heavy atom. The molecule has 1 aliphatic carbocycles. The first-order valence-electron chi connectivity index (χ1n) is 13.9. The smallest absolute Gasteiger partial charge is 0.252 e. The second-order valence-electron chi connectivity index (χ2n) is 10.5. The molecule has 1 atom stereocenters. The van der Waals surface area contributed by atoms with Gasteiger partial charge in [-0.1, -0.05) is 37.5 Å². The number of nitrogens with zero attached hydrogens (tertiary/aromatic N) is 5. The van der Waals surface area contributed by atoms with Crippen LogP contribution in [-0.2, 0) is 13.0 Å². The zero-order valence-corrected chi connectivity index (χ0v) is 23.3. The van der Waals surface area contributed by atoms with E-state index in [1.54, 1.807) is 14.2 Å². The van der Waals surface area contributed by atoms with Crippen LogP contribution in [0.3, 0.4) is 0 Å². The highest BCUT2D eigenvalue weighted by Crippen LogP contribution is 2.33. The monoisotopic (exact) mass is 530 g/mol. The van der Waals surface area contributed by atoms with Crippen LogP contribution < -0.4 is 15.0 Å². The van der Waals surface area contributed by atoms with Gasteiger partial charge in [-0.15, -0.1) is 5.10 Å². The van der Waals surface area contributed by atoms with E-state index in [2.05, 4.69) is 51.4 Å². The lowest BCUT2D eigenvalue weighted by Gasteiger charge is -2.31. The molecule has 1 N–H and O–H groups in total. The molecule has 4 aromatic rings. The first-order chi connectivity index (χ1) is 19.0. The fourth-order valence-electron chi connectivity index (χ4n) is 5.79. The molecule has 2 aromatic heterocycles. The molecule has 39 heavy (non-hydrogen) atoms. The number of aromatic nitrogens is 5. The number of ether oxygens (including phenoxy) is 2. The van der Waals surface area contributed by atoms with Crippen LogP contribution in [0.2, 0.25) is 0 Å². The number of nitrogens with one attached hydrogen (secondary N) is 1. The molecular weight excluding hydrogens is 492 g/mol. The van der Waals surface area contributed by atoms with Crippen LogP contribution >= 0.6 is 0 Å². The molecule has 0 bridgehead atoms. The second kappa shape index (κ2) is 12.0. The quantitative estimate of drug-likeness (QED) is 0.286. The number of methoxy groups -OCH3 is 2. The number of hydrogen-bond donors (Lipinski definition) is 1. The fourth-order valence-corrected chi connectivity index (χ4v) is 5.79. The number of fused-ring (bicyclic) bond motifs is 1. The average molecular weight is 531 g/mol. The van der Waals surface area contributed by atoms with E-state index in [4.69, 9.17) is 9.47 Å². The van der Waals surface area contributed by atoms with Gasteiger partial charge in [-0.05, 0) is 84.3 Å². The van der Waals surface area contributed by atoms with Gasteiger partial charge in [0.2, 0.25) is 0 Å². The third kappa shape index (κ3) is 5.83. The Morgan fingerprint density at radius 1 is 1.08 bits per heavy atom. The Hall–Kier alpha value is -3.72. The largest absolute Gasteiger partial charge is 0.493 e. The van der Waals surface area contributed by atoms with Crippen molar-refractivity contribution >= 4 is 10.9 Å². The molecule has 0 saturated heterocycles. The van der Waals surface area contributed by atoms with Gasteiger partial charge in [0.15, 0.2) is 17.3 Å². The summed E-state index contributed by atoms with van der Waals surface area (Å²) in [5.41, 5.74) is 3.81. The van der Waals surface area contributed by atoms with Crippen molar-refractivity contribution in [3.05, 3.63) is 75.3 Å². The van der Waals surface area contributed by atoms with E-state index in [1.165, 1.54) is 12.8 Å². The molecule has 0 aliphatic heterocycles. The van der Waals surface area contributed by atoms with E-state index in [-0.39, 0.29) is 11.6 Å². The number of hydrogen-bond acceptors (Lipinski definition) is 7. The summed E-state index contributed by atoms with van der Waals surface area (Å²) in [6, 6.07) is 14.4. The standard InChI is InChI=1S/C30H38N6O3/c1-5-26(29-32-33-34-36(29)24-8-6-7-9-24)35(15-14-21-11-13-27(38-3)28(17-21)39-4)19-23-18-22-16-20(2)10-12-25(22)31-30(23)37/h10-13,16-18,24,26H,5-9,14-15,19H2,1-4H3,(H,31,37)/t26-/m0/s1. The summed E-state index contributed by atoms with van der Waals surface area (Å²) in [5.74, 6) is 2.29. The molecule has 5 rings (SSSR count). The van der Waals surface area contributed by atoms with Crippen molar-refractivity contribution in [2.24, 2.45) is 0 Å². The lowest BCUT2D eigenvalue weighted by Crippen LogP contribution is -2.34. The minimum atomic E-state index is -0.0623. The van der Waals surface area contributed by atoms with Gasteiger partial charge in [-0.2, -0.15) is 0 Å². The first kappa shape index (κ1) is 26.9. The van der Waals surface area contributed by atoms with Gasteiger partial charge in [0.1, 0.15) is 0 Å². The molecule has 0 radical (unpaired) electrons. The van der Waals surface area contributed by atoms with Gasteiger partial charge in [-0.3, -0.25) is 9.69 Å². The Kier molecular flexibility index (Phi) is 8.26. The zero-order chi connectivity index (χ0) is 27.4. The summed E-state index contributed by atoms with van der Waals surface area (Å²) in [7, 11) is 3.29. The number of rotatable bonds is 11. The van der Waals surface area contributed by atoms with Crippen molar-refractivity contribution in [1.82, 2.24) is 30.1 Å². The van der Waals surface area contributed by atoms with Gasteiger partial charge in [0.05, 0.1) is 26.3 Å². The van der Waals surface area contributed by atoms with Crippen LogP contribution in [0.15, 0.2) is 47.3 Å². The van der Waals surface area contributed by atoms with Gasteiger partial charge >= 0.3 is 0 Å². The molecule has 0 unspecified atom stereocenters. The molecule has 206 valence electrons. The Morgan fingerprint density at radius 2 is 1.87 bits per heavy atom. The van der Waals surface area contributed by atoms with E-state index in [9.17, 15) is 4.79 Å². The van der Waals surface area contributed by atoms with Gasteiger partial charge in [0.25, 0.3) is 5.56 Å². The highest BCUT2D eigenvalue weighted by Gasteiger charge is 2.29. The Bertz CT molecular complexity index is 1470. The molecule has 0 amide bonds. The zero-order valence-electron chi connectivity index (χ0n) is 23.3. The van der Waals surface area contributed by atoms with Crippen LogP contribution in [-0.4, -0.2) is 50.9 Å². The summed E-state index contributed by atoms with van der Waals surface area (Å²) in [6.45, 7) is 5.44. The van der Waals surface area contributed by atoms with Crippen LogP contribution in [0.4, 0.5) is 0 Å².